The Hall–Kier alpha value is -2.35. The largest absolute Gasteiger partial charge is 0.384 e. The lowest BCUT2D eigenvalue weighted by Crippen LogP contribution is -1.92. The predicted octanol–water partition coefficient (Wildman–Crippen LogP) is 6.15. The van der Waals surface area contributed by atoms with Crippen molar-refractivity contribution >= 4 is 23.8 Å². The molecule has 0 aliphatic heterocycles. The highest BCUT2D eigenvalue weighted by molar-refractivity contribution is 6.30. The summed E-state index contributed by atoms with van der Waals surface area (Å²) >= 11 is 5.97. The van der Waals surface area contributed by atoms with Crippen molar-refractivity contribution in [3.63, 3.8) is 0 Å². The number of hydrogen-bond acceptors (Lipinski definition) is 1. The van der Waals surface area contributed by atoms with E-state index in [0.717, 1.165) is 32.8 Å². The van der Waals surface area contributed by atoms with Gasteiger partial charge in [-0.1, -0.05) is 72.8 Å². The maximum atomic E-state index is 9.81. The molecule has 0 heterocycles. The first-order valence-corrected chi connectivity index (χ1v) is 8.09. The minimum atomic E-state index is -0.644. The highest BCUT2D eigenvalue weighted by Gasteiger charge is 2.01. The first-order valence-electron chi connectivity index (χ1n) is 7.71. The molecule has 1 unspecified atom stereocenters. The fraction of sp³-hybridized carbons (Fsp3) is 0.0909. The number of hydrogen-bond donors (Lipinski definition) is 1. The summed E-state index contributed by atoms with van der Waals surface area (Å²) in [5.41, 5.74) is 4.96. The zero-order valence-corrected chi connectivity index (χ0v) is 14.5. The topological polar surface area (TPSA) is 20.2 Å². The highest BCUT2D eigenvalue weighted by Crippen LogP contribution is 2.18. The third-order valence-corrected chi connectivity index (χ3v) is 3.91. The first-order chi connectivity index (χ1) is 11.5. The second-order valence-electron chi connectivity index (χ2n) is 5.59. The van der Waals surface area contributed by atoms with Crippen molar-refractivity contribution in [2.75, 3.05) is 0 Å². The normalized spacial score (nSPS) is 12.6. The smallest absolute Gasteiger partial charge is 0.0969 e. The molecule has 0 aromatic heterocycles. The van der Waals surface area contributed by atoms with Crippen molar-refractivity contribution in [1.82, 2.24) is 0 Å². The van der Waals surface area contributed by atoms with Gasteiger partial charge in [0.2, 0.25) is 0 Å². The Kier molecular flexibility index (Phi) is 6.36. The number of allylic oxidation sites excluding steroid dienone is 3. The maximum absolute atomic E-state index is 9.81. The molecule has 0 bridgehead atoms. The average molecular weight is 337 g/mol. The van der Waals surface area contributed by atoms with Crippen LogP contribution in [0.5, 0.6) is 0 Å². The van der Waals surface area contributed by atoms with Crippen LogP contribution in [0.2, 0.25) is 5.02 Å². The molecule has 0 radical (unpaired) electrons. The van der Waals surface area contributed by atoms with E-state index in [2.05, 4.69) is 13.2 Å². The maximum Gasteiger partial charge on any atom is 0.0969 e. The van der Waals surface area contributed by atoms with Crippen LogP contribution in [0.25, 0.3) is 12.2 Å². The molecule has 0 aliphatic carbocycles. The lowest BCUT2D eigenvalue weighted by Gasteiger charge is -2.06. The Morgan fingerprint density at radius 3 is 2.58 bits per heavy atom. The van der Waals surface area contributed by atoms with Gasteiger partial charge in [-0.2, -0.15) is 0 Å². The number of aryl methyl sites for hydroxylation is 1. The van der Waals surface area contributed by atoms with Gasteiger partial charge in [0, 0.05) is 5.02 Å². The van der Waals surface area contributed by atoms with Crippen LogP contribution in [-0.4, -0.2) is 5.11 Å². The molecule has 122 valence electrons. The molecule has 2 aromatic carbocycles. The fourth-order valence-corrected chi connectivity index (χ4v) is 2.49. The van der Waals surface area contributed by atoms with Crippen molar-refractivity contribution in [3.8, 4) is 0 Å². The Morgan fingerprint density at radius 2 is 1.88 bits per heavy atom. The van der Waals surface area contributed by atoms with Crippen LogP contribution < -0.4 is 0 Å². The number of rotatable bonds is 6. The minimum absolute atomic E-state index is 0.644. The van der Waals surface area contributed by atoms with Gasteiger partial charge in [0.1, 0.15) is 0 Å². The summed E-state index contributed by atoms with van der Waals surface area (Å²) in [4.78, 5) is 0. The molecule has 2 heteroatoms. The van der Waals surface area contributed by atoms with E-state index in [9.17, 15) is 5.11 Å². The van der Waals surface area contributed by atoms with Gasteiger partial charge in [-0.15, -0.1) is 6.58 Å². The molecule has 0 saturated carbocycles. The molecule has 2 rings (SSSR count). The molecule has 0 amide bonds. The predicted molar refractivity (Wildman–Crippen MR) is 105 cm³/mol. The second-order valence-corrected chi connectivity index (χ2v) is 6.03. The summed E-state index contributed by atoms with van der Waals surface area (Å²) in [6.45, 7) is 9.68. The van der Waals surface area contributed by atoms with Crippen LogP contribution in [0.4, 0.5) is 0 Å². The summed E-state index contributed by atoms with van der Waals surface area (Å²) < 4.78 is 0. The molecule has 2 aromatic rings. The summed E-state index contributed by atoms with van der Waals surface area (Å²) in [5.74, 6) is 0. The monoisotopic (exact) mass is 336 g/mol. The van der Waals surface area contributed by atoms with E-state index in [0.29, 0.717) is 0 Å². The van der Waals surface area contributed by atoms with Crippen molar-refractivity contribution in [2.24, 2.45) is 0 Å². The molecule has 24 heavy (non-hydrogen) atoms. The average Bonchev–Trinajstić information content (AvgIpc) is 2.58. The summed E-state index contributed by atoms with van der Waals surface area (Å²) in [6, 6.07) is 13.5. The van der Waals surface area contributed by atoms with Gasteiger partial charge in [-0.25, -0.2) is 0 Å². The Labute approximate surface area is 148 Å². The Bertz CT molecular complexity index is 799. The molecule has 1 atom stereocenters. The SMILES string of the molecule is C=CC(O)c1cccc(/C=C/C(=C)/C=C\c2ccc(Cl)cc2C)c1. The zero-order chi connectivity index (χ0) is 17.5. The molecule has 0 aliphatic rings. The van der Waals surface area contributed by atoms with Gasteiger partial charge in [-0.3, -0.25) is 0 Å². The van der Waals surface area contributed by atoms with Gasteiger partial charge in [0.15, 0.2) is 0 Å². The van der Waals surface area contributed by atoms with Gasteiger partial charge < -0.3 is 5.11 Å². The zero-order valence-electron chi connectivity index (χ0n) is 13.7. The fourth-order valence-electron chi connectivity index (χ4n) is 2.26. The van der Waals surface area contributed by atoms with E-state index in [1.54, 1.807) is 0 Å². The van der Waals surface area contributed by atoms with Crippen LogP contribution >= 0.6 is 11.6 Å². The molecular weight excluding hydrogens is 316 g/mol. The first kappa shape index (κ1) is 18.0. The van der Waals surface area contributed by atoms with E-state index in [-0.39, 0.29) is 0 Å². The van der Waals surface area contributed by atoms with Crippen molar-refractivity contribution in [2.45, 2.75) is 13.0 Å². The van der Waals surface area contributed by atoms with E-state index in [1.165, 1.54) is 6.08 Å². The highest BCUT2D eigenvalue weighted by atomic mass is 35.5. The Balaban J connectivity index is 2.07. The van der Waals surface area contributed by atoms with E-state index < -0.39 is 6.10 Å². The number of halogens is 1. The number of aliphatic hydroxyl groups is 1. The molecular formula is C22H21ClO. The molecule has 0 fully saturated rings. The second kappa shape index (κ2) is 8.49. The van der Waals surface area contributed by atoms with Crippen LogP contribution in [0.3, 0.4) is 0 Å². The standard InChI is InChI=1S/C22H21ClO/c1-4-22(24)20-7-5-6-18(15-20)10-8-16(2)9-11-19-12-13-21(23)14-17(19)3/h4-15,22,24H,1-2H2,3H3/b10-8+,11-9-. The Morgan fingerprint density at radius 1 is 1.12 bits per heavy atom. The van der Waals surface area contributed by atoms with E-state index >= 15 is 0 Å². The third kappa shape index (κ3) is 5.09. The minimum Gasteiger partial charge on any atom is -0.384 e. The molecule has 0 saturated heterocycles. The lowest BCUT2D eigenvalue weighted by atomic mass is 10.0. The van der Waals surface area contributed by atoms with Crippen molar-refractivity contribution in [1.29, 1.82) is 0 Å². The van der Waals surface area contributed by atoms with Crippen LogP contribution in [0.15, 0.2) is 79.4 Å². The third-order valence-electron chi connectivity index (χ3n) is 3.67. The van der Waals surface area contributed by atoms with Gasteiger partial charge in [-0.05, 0) is 52.9 Å². The summed E-state index contributed by atoms with van der Waals surface area (Å²) in [5, 5.41) is 10.5. The molecule has 0 spiro atoms. The van der Waals surface area contributed by atoms with Crippen molar-refractivity contribution in [3.05, 3.63) is 107 Å². The van der Waals surface area contributed by atoms with Crippen molar-refractivity contribution < 1.29 is 5.11 Å². The molecule has 1 N–H and O–H groups in total. The van der Waals surface area contributed by atoms with Crippen LogP contribution in [0, 0.1) is 6.92 Å². The van der Waals surface area contributed by atoms with E-state index in [1.807, 2.05) is 73.7 Å². The summed E-state index contributed by atoms with van der Waals surface area (Å²) in [7, 11) is 0. The van der Waals surface area contributed by atoms with Crippen LogP contribution in [0.1, 0.15) is 28.4 Å². The lowest BCUT2D eigenvalue weighted by molar-refractivity contribution is 0.229. The number of benzene rings is 2. The van der Waals surface area contributed by atoms with E-state index in [4.69, 9.17) is 11.6 Å². The van der Waals surface area contributed by atoms with Gasteiger partial charge >= 0.3 is 0 Å². The quantitative estimate of drug-likeness (QED) is 0.495. The number of aliphatic hydroxyl groups excluding tert-OH is 1. The van der Waals surface area contributed by atoms with Gasteiger partial charge in [0.05, 0.1) is 6.10 Å². The summed E-state index contributed by atoms with van der Waals surface area (Å²) in [6.07, 6.45) is 8.78. The van der Waals surface area contributed by atoms with Crippen LogP contribution in [-0.2, 0) is 0 Å². The molecule has 1 nitrogen and oxygen atoms in total. The van der Waals surface area contributed by atoms with Gasteiger partial charge in [0.25, 0.3) is 0 Å².